The zero-order valence-corrected chi connectivity index (χ0v) is 18.3. The summed E-state index contributed by atoms with van der Waals surface area (Å²) in [6, 6.07) is 5.87. The Balaban J connectivity index is 1.76. The van der Waals surface area contributed by atoms with E-state index in [-0.39, 0.29) is 12.1 Å². The maximum absolute atomic E-state index is 6.91. The minimum Gasteiger partial charge on any atom is -0.497 e. The van der Waals surface area contributed by atoms with E-state index in [9.17, 15) is 0 Å². The molecule has 0 radical (unpaired) electrons. The Labute approximate surface area is 182 Å². The third-order valence-electron chi connectivity index (χ3n) is 5.56. The number of aromatic nitrogens is 1. The number of ether oxygens (including phenoxy) is 2. The molecule has 1 aliphatic heterocycles. The molecule has 5 rings (SSSR count). The summed E-state index contributed by atoms with van der Waals surface area (Å²) in [4.78, 5) is 0. The van der Waals surface area contributed by atoms with Crippen LogP contribution in [0.3, 0.4) is 0 Å². The van der Waals surface area contributed by atoms with Crippen LogP contribution in [0.25, 0.3) is 16.5 Å². The summed E-state index contributed by atoms with van der Waals surface area (Å²) < 4.78 is 15.4. The van der Waals surface area contributed by atoms with Gasteiger partial charge in [-0.15, -0.1) is 0 Å². The fraction of sp³-hybridized carbons (Fsp3) is 0.273. The lowest BCUT2D eigenvalue weighted by Crippen LogP contribution is -2.27. The van der Waals surface area contributed by atoms with Gasteiger partial charge in [0, 0.05) is 21.9 Å². The summed E-state index contributed by atoms with van der Waals surface area (Å²) >= 11 is 16.8. The van der Waals surface area contributed by atoms with Crippen molar-refractivity contribution in [3.63, 3.8) is 0 Å². The van der Waals surface area contributed by atoms with Crippen molar-refractivity contribution in [2.75, 3.05) is 7.11 Å². The highest BCUT2D eigenvalue weighted by Crippen LogP contribution is 2.49. The van der Waals surface area contributed by atoms with Crippen LogP contribution in [0, 0.1) is 5.92 Å². The van der Waals surface area contributed by atoms with Crippen LogP contribution in [-0.4, -0.2) is 11.7 Å². The van der Waals surface area contributed by atoms with Gasteiger partial charge in [-0.25, -0.2) is 0 Å². The first-order valence-electron chi connectivity index (χ1n) is 9.24. The first kappa shape index (κ1) is 18.4. The number of nitrogens with zero attached hydrogens (tertiary/aromatic N) is 1. The molecule has 2 aromatic rings. The zero-order chi connectivity index (χ0) is 19.4. The fourth-order valence-corrected chi connectivity index (χ4v) is 5.21. The van der Waals surface area contributed by atoms with Gasteiger partial charge in [0.15, 0.2) is 6.23 Å². The molecule has 0 saturated heterocycles. The van der Waals surface area contributed by atoms with E-state index >= 15 is 0 Å². The van der Waals surface area contributed by atoms with Gasteiger partial charge >= 0.3 is 0 Å². The third-order valence-corrected chi connectivity index (χ3v) is 6.80. The van der Waals surface area contributed by atoms with Crippen molar-refractivity contribution in [3.05, 3.63) is 74.2 Å². The molecule has 2 aliphatic carbocycles. The number of hydrogen-bond acceptors (Lipinski definition) is 2. The molecule has 1 aromatic carbocycles. The zero-order valence-electron chi connectivity index (χ0n) is 15.2. The molecule has 144 valence electrons. The van der Waals surface area contributed by atoms with Gasteiger partial charge < -0.3 is 14.0 Å². The number of hydrogen-bond donors (Lipinski definition) is 0. The molecule has 3 aliphatic rings. The molecule has 0 amide bonds. The van der Waals surface area contributed by atoms with E-state index in [2.05, 4.69) is 38.7 Å². The molecular formula is C22H18BrCl2NO2. The second kappa shape index (κ2) is 7.01. The largest absolute Gasteiger partial charge is 0.497 e. The van der Waals surface area contributed by atoms with Crippen molar-refractivity contribution < 1.29 is 9.47 Å². The van der Waals surface area contributed by atoms with Crippen molar-refractivity contribution in [2.45, 2.75) is 25.5 Å². The second-order valence-electron chi connectivity index (χ2n) is 7.21. The van der Waals surface area contributed by atoms with Crippen molar-refractivity contribution in [1.82, 2.24) is 4.57 Å². The summed E-state index contributed by atoms with van der Waals surface area (Å²) in [6.07, 6.45) is 10.8. The lowest BCUT2D eigenvalue weighted by atomic mass is 9.94. The van der Waals surface area contributed by atoms with Crippen molar-refractivity contribution in [2.24, 2.45) is 5.92 Å². The number of allylic oxidation sites excluding steroid dienone is 5. The quantitative estimate of drug-likeness (QED) is 0.449. The van der Waals surface area contributed by atoms with Crippen molar-refractivity contribution >= 4 is 55.6 Å². The lowest BCUT2D eigenvalue weighted by Gasteiger charge is -2.36. The lowest BCUT2D eigenvalue weighted by molar-refractivity contribution is 0.0235. The molecule has 2 unspecified atom stereocenters. The van der Waals surface area contributed by atoms with Crippen LogP contribution in [0.2, 0.25) is 10.0 Å². The minimum absolute atomic E-state index is 0.129. The van der Waals surface area contributed by atoms with Crippen LogP contribution in [0.15, 0.2) is 58.5 Å². The Bertz CT molecular complexity index is 1110. The topological polar surface area (TPSA) is 23.4 Å². The van der Waals surface area contributed by atoms with E-state index in [0.29, 0.717) is 5.02 Å². The van der Waals surface area contributed by atoms with E-state index in [4.69, 9.17) is 32.7 Å². The summed E-state index contributed by atoms with van der Waals surface area (Å²) in [6.45, 7) is 0. The molecule has 0 bridgehead atoms. The third kappa shape index (κ3) is 2.85. The molecule has 1 aromatic heterocycles. The van der Waals surface area contributed by atoms with Crippen LogP contribution in [0.5, 0.6) is 0 Å². The molecule has 0 fully saturated rings. The summed E-state index contributed by atoms with van der Waals surface area (Å²) in [5.74, 6) is 1.88. The second-order valence-corrected chi connectivity index (χ2v) is 9.04. The molecule has 28 heavy (non-hydrogen) atoms. The number of rotatable bonds is 2. The number of halogens is 3. The Kier molecular flexibility index (Phi) is 4.61. The van der Waals surface area contributed by atoms with Crippen LogP contribution in [-0.2, 0) is 9.47 Å². The SMILES string of the molecule is COC1=CC(C2OC3=C(CCC(Br)=C3)c3c(Cl)c4cc(Cl)ccc4n32)CC=C1. The predicted molar refractivity (Wildman–Crippen MR) is 118 cm³/mol. The van der Waals surface area contributed by atoms with Crippen LogP contribution < -0.4 is 0 Å². The number of methoxy groups -OCH3 is 1. The normalized spacial score (nSPS) is 23.7. The number of fused-ring (bicyclic) bond motifs is 4. The van der Waals surface area contributed by atoms with Gasteiger partial charge in [0.1, 0.15) is 11.5 Å². The van der Waals surface area contributed by atoms with Crippen LogP contribution in [0.1, 0.15) is 31.2 Å². The van der Waals surface area contributed by atoms with E-state index in [1.54, 1.807) is 7.11 Å². The van der Waals surface area contributed by atoms with Gasteiger partial charge in [0.05, 0.1) is 23.3 Å². The highest BCUT2D eigenvalue weighted by Gasteiger charge is 2.37. The Morgan fingerprint density at radius 3 is 2.93 bits per heavy atom. The van der Waals surface area contributed by atoms with Gasteiger partial charge in [-0.05, 0) is 60.2 Å². The Hall–Kier alpha value is -1.62. The average molecular weight is 479 g/mol. The van der Waals surface area contributed by atoms with Crippen molar-refractivity contribution in [1.29, 1.82) is 0 Å². The average Bonchev–Trinajstić information content (AvgIpc) is 2.99. The molecule has 3 nitrogen and oxygen atoms in total. The van der Waals surface area contributed by atoms with E-state index in [1.165, 1.54) is 0 Å². The van der Waals surface area contributed by atoms with Crippen LogP contribution in [0.4, 0.5) is 0 Å². The fourth-order valence-electron chi connectivity index (χ4n) is 4.27. The van der Waals surface area contributed by atoms with Crippen molar-refractivity contribution in [3.8, 4) is 0 Å². The molecule has 0 N–H and O–H groups in total. The first-order chi connectivity index (χ1) is 13.6. The monoisotopic (exact) mass is 477 g/mol. The molecule has 2 atom stereocenters. The smallest absolute Gasteiger partial charge is 0.183 e. The van der Waals surface area contributed by atoms with Gasteiger partial charge in [0.25, 0.3) is 0 Å². The summed E-state index contributed by atoms with van der Waals surface area (Å²) in [5, 5.41) is 2.38. The summed E-state index contributed by atoms with van der Waals surface area (Å²) in [5.41, 5.74) is 3.24. The molecule has 2 heterocycles. The predicted octanol–water partition coefficient (Wildman–Crippen LogP) is 7.37. The standard InChI is InChI=1S/C22H18BrCl2NO2/c1-27-15-4-2-3-12(9-15)22-26-18-8-6-14(24)11-17(18)20(25)21(26)16-7-5-13(23)10-19(16)28-22/h2,4,6,8-12,22H,3,5,7H2,1H3. The van der Waals surface area contributed by atoms with E-state index in [0.717, 1.165) is 62.5 Å². The first-order valence-corrected chi connectivity index (χ1v) is 10.8. The van der Waals surface area contributed by atoms with E-state index in [1.807, 2.05) is 24.3 Å². The highest BCUT2D eigenvalue weighted by molar-refractivity contribution is 9.11. The van der Waals surface area contributed by atoms with Gasteiger partial charge in [0.2, 0.25) is 0 Å². The summed E-state index contributed by atoms with van der Waals surface area (Å²) in [7, 11) is 1.69. The van der Waals surface area contributed by atoms with Gasteiger partial charge in [-0.2, -0.15) is 0 Å². The minimum atomic E-state index is -0.213. The molecule has 6 heteroatoms. The van der Waals surface area contributed by atoms with E-state index < -0.39 is 0 Å². The maximum atomic E-state index is 6.91. The van der Waals surface area contributed by atoms with Gasteiger partial charge in [-0.1, -0.05) is 45.2 Å². The Morgan fingerprint density at radius 1 is 1.25 bits per heavy atom. The van der Waals surface area contributed by atoms with Gasteiger partial charge in [-0.3, -0.25) is 0 Å². The highest BCUT2D eigenvalue weighted by atomic mass is 79.9. The number of benzene rings is 1. The molecular weight excluding hydrogens is 461 g/mol. The molecule has 0 spiro atoms. The maximum Gasteiger partial charge on any atom is 0.183 e. The Morgan fingerprint density at radius 2 is 2.11 bits per heavy atom. The van der Waals surface area contributed by atoms with Crippen LogP contribution >= 0.6 is 39.1 Å². The molecule has 0 saturated carbocycles.